The van der Waals surface area contributed by atoms with Crippen molar-refractivity contribution in [2.75, 3.05) is 18.9 Å². The van der Waals surface area contributed by atoms with Crippen LogP contribution in [0.4, 0.5) is 5.82 Å². The Morgan fingerprint density at radius 1 is 1.33 bits per heavy atom. The monoisotopic (exact) mass is 393 g/mol. The lowest BCUT2D eigenvalue weighted by atomic mass is 9.98. The van der Waals surface area contributed by atoms with Crippen LogP contribution in [0.25, 0.3) is 22.6 Å². The maximum Gasteiger partial charge on any atom is 0.199 e. The fourth-order valence-corrected chi connectivity index (χ4v) is 3.32. The first-order valence-electron chi connectivity index (χ1n) is 8.92. The average molecular weight is 394 g/mol. The van der Waals surface area contributed by atoms with Gasteiger partial charge in [0.2, 0.25) is 0 Å². The minimum absolute atomic E-state index is 0.159. The van der Waals surface area contributed by atoms with Crippen LogP contribution in [0.2, 0.25) is 5.15 Å². The molecular formula is C17H24ClN7O2. The zero-order valence-electron chi connectivity index (χ0n) is 15.6. The van der Waals surface area contributed by atoms with E-state index in [1.807, 2.05) is 11.5 Å². The molecule has 9 nitrogen and oxygen atoms in total. The van der Waals surface area contributed by atoms with Gasteiger partial charge in [-0.3, -0.25) is 0 Å². The Hall–Kier alpha value is -2.39. The van der Waals surface area contributed by atoms with Crippen molar-refractivity contribution in [3.63, 3.8) is 0 Å². The molecule has 10 heteroatoms. The molecular weight excluding hydrogens is 370 g/mol. The number of hydrogen-bond donors (Lipinski definition) is 2. The molecule has 27 heavy (non-hydrogen) atoms. The van der Waals surface area contributed by atoms with E-state index in [0.29, 0.717) is 48.4 Å². The van der Waals surface area contributed by atoms with Crippen LogP contribution in [-0.2, 0) is 6.54 Å². The maximum absolute atomic E-state index is 6.28. The van der Waals surface area contributed by atoms with E-state index in [1.54, 1.807) is 6.20 Å². The van der Waals surface area contributed by atoms with Gasteiger partial charge in [-0.15, -0.1) is 0 Å². The lowest BCUT2D eigenvalue weighted by Crippen LogP contribution is -2.23. The summed E-state index contributed by atoms with van der Waals surface area (Å²) in [6.45, 7) is 7.96. The van der Waals surface area contributed by atoms with E-state index in [2.05, 4.69) is 34.1 Å². The van der Waals surface area contributed by atoms with Crippen LogP contribution in [0.15, 0.2) is 10.8 Å². The number of anilines is 1. The van der Waals surface area contributed by atoms with Crippen molar-refractivity contribution in [3.8, 4) is 17.3 Å². The van der Waals surface area contributed by atoms with Crippen molar-refractivity contribution in [1.82, 2.24) is 24.8 Å². The van der Waals surface area contributed by atoms with Crippen molar-refractivity contribution < 1.29 is 9.37 Å². The topological polar surface area (TPSA) is 131 Å². The maximum atomic E-state index is 6.28. The fraction of sp³-hybridized carbons (Fsp3) is 0.529. The molecule has 0 radical (unpaired) electrons. The van der Waals surface area contributed by atoms with Gasteiger partial charge in [-0.1, -0.05) is 25.4 Å². The molecule has 0 aliphatic heterocycles. The predicted octanol–water partition coefficient (Wildman–Crippen LogP) is 2.74. The number of nitrogen functional groups attached to an aromatic ring is 1. The summed E-state index contributed by atoms with van der Waals surface area (Å²) >= 11 is 6.28. The molecule has 3 aromatic rings. The number of aromatic nitrogens is 5. The molecule has 0 saturated heterocycles. The summed E-state index contributed by atoms with van der Waals surface area (Å²) in [7, 11) is 0. The van der Waals surface area contributed by atoms with Crippen LogP contribution in [0, 0.1) is 11.8 Å². The Kier molecular flexibility index (Phi) is 5.81. The molecule has 1 atom stereocenters. The number of halogens is 1. The number of imidazole rings is 1. The molecule has 0 saturated carbocycles. The largest absolute Gasteiger partial charge is 0.489 e. The standard InChI is InChI=1S/C17H24ClN7O2/c1-4-25-14-11(26-8-10(6-19)5-9(2)3)7-21-15(18)12(14)22-17(25)13-16(20)24-27-23-13/h7,9-10H,4-6,8,19H2,1-3H3,(H2,20,24). The lowest BCUT2D eigenvalue weighted by molar-refractivity contribution is 0.231. The number of aryl methyl sites for hydroxylation is 1. The molecule has 4 N–H and O–H groups in total. The van der Waals surface area contributed by atoms with E-state index in [0.717, 1.165) is 11.9 Å². The zero-order valence-corrected chi connectivity index (χ0v) is 16.4. The molecule has 0 aromatic carbocycles. The quantitative estimate of drug-likeness (QED) is 0.558. The van der Waals surface area contributed by atoms with E-state index in [9.17, 15) is 0 Å². The van der Waals surface area contributed by atoms with E-state index in [1.165, 1.54) is 0 Å². The minimum Gasteiger partial charge on any atom is -0.489 e. The first-order valence-corrected chi connectivity index (χ1v) is 9.29. The second-order valence-electron chi connectivity index (χ2n) is 6.83. The van der Waals surface area contributed by atoms with Crippen LogP contribution < -0.4 is 16.2 Å². The Morgan fingerprint density at radius 3 is 2.70 bits per heavy atom. The van der Waals surface area contributed by atoms with Crippen LogP contribution in [0.1, 0.15) is 27.2 Å². The smallest absolute Gasteiger partial charge is 0.199 e. The van der Waals surface area contributed by atoms with E-state index in [4.69, 9.17) is 32.4 Å². The van der Waals surface area contributed by atoms with Gasteiger partial charge in [0, 0.05) is 12.5 Å². The van der Waals surface area contributed by atoms with Crippen LogP contribution in [0.3, 0.4) is 0 Å². The fourth-order valence-electron chi connectivity index (χ4n) is 3.14. The molecule has 0 amide bonds. The van der Waals surface area contributed by atoms with Crippen LogP contribution >= 0.6 is 11.6 Å². The molecule has 3 aromatic heterocycles. The lowest BCUT2D eigenvalue weighted by Gasteiger charge is -2.18. The highest BCUT2D eigenvalue weighted by Crippen LogP contribution is 2.34. The SMILES string of the molecule is CCn1c(-c2nonc2N)nc2c(Cl)ncc(OCC(CN)CC(C)C)c21. The number of nitrogens with two attached hydrogens (primary N) is 2. The van der Waals surface area contributed by atoms with Crippen molar-refractivity contribution in [2.45, 2.75) is 33.7 Å². The third-order valence-electron chi connectivity index (χ3n) is 4.35. The zero-order chi connectivity index (χ0) is 19.6. The summed E-state index contributed by atoms with van der Waals surface area (Å²) in [6, 6.07) is 0. The molecule has 3 heterocycles. The van der Waals surface area contributed by atoms with Gasteiger partial charge in [0.1, 0.15) is 11.0 Å². The van der Waals surface area contributed by atoms with Crippen molar-refractivity contribution in [3.05, 3.63) is 11.3 Å². The number of ether oxygens (including phenoxy) is 1. The highest BCUT2D eigenvalue weighted by atomic mass is 35.5. The summed E-state index contributed by atoms with van der Waals surface area (Å²) in [5, 5.41) is 7.76. The van der Waals surface area contributed by atoms with Gasteiger partial charge in [0.05, 0.1) is 12.8 Å². The summed E-state index contributed by atoms with van der Waals surface area (Å²) in [5.74, 6) is 2.05. The van der Waals surface area contributed by atoms with E-state index >= 15 is 0 Å². The highest BCUT2D eigenvalue weighted by Gasteiger charge is 2.23. The number of pyridine rings is 1. The van der Waals surface area contributed by atoms with Crippen LogP contribution in [0.5, 0.6) is 5.75 Å². The van der Waals surface area contributed by atoms with Gasteiger partial charge in [-0.05, 0) is 36.1 Å². The Balaban J connectivity index is 2.03. The molecule has 0 bridgehead atoms. The number of nitrogens with zero attached hydrogens (tertiary/aromatic N) is 5. The molecule has 0 fully saturated rings. The van der Waals surface area contributed by atoms with Gasteiger partial charge in [0.15, 0.2) is 28.2 Å². The van der Waals surface area contributed by atoms with Crippen molar-refractivity contribution in [1.29, 1.82) is 0 Å². The summed E-state index contributed by atoms with van der Waals surface area (Å²) in [6.07, 6.45) is 2.59. The summed E-state index contributed by atoms with van der Waals surface area (Å²) < 4.78 is 12.7. The van der Waals surface area contributed by atoms with E-state index in [-0.39, 0.29) is 16.9 Å². The Bertz CT molecular complexity index is 922. The minimum atomic E-state index is 0.159. The third kappa shape index (κ3) is 3.84. The number of rotatable bonds is 8. The van der Waals surface area contributed by atoms with Crippen LogP contribution in [-0.4, -0.2) is 38.0 Å². The third-order valence-corrected chi connectivity index (χ3v) is 4.62. The van der Waals surface area contributed by atoms with Gasteiger partial charge < -0.3 is 20.8 Å². The Labute approximate surface area is 162 Å². The van der Waals surface area contributed by atoms with Crippen molar-refractivity contribution >= 4 is 28.5 Å². The summed E-state index contributed by atoms with van der Waals surface area (Å²) in [4.78, 5) is 8.77. The van der Waals surface area contributed by atoms with Gasteiger partial charge in [0.25, 0.3) is 0 Å². The Morgan fingerprint density at radius 2 is 2.11 bits per heavy atom. The molecule has 1 unspecified atom stereocenters. The number of fused-ring (bicyclic) bond motifs is 1. The highest BCUT2D eigenvalue weighted by molar-refractivity contribution is 6.34. The second kappa shape index (κ2) is 8.10. The molecule has 0 aliphatic rings. The van der Waals surface area contributed by atoms with Gasteiger partial charge in [-0.2, -0.15) is 0 Å². The average Bonchev–Trinajstić information content (AvgIpc) is 3.23. The first kappa shape index (κ1) is 19.4. The van der Waals surface area contributed by atoms with Gasteiger partial charge >= 0.3 is 0 Å². The van der Waals surface area contributed by atoms with Gasteiger partial charge in [-0.25, -0.2) is 14.6 Å². The molecule has 3 rings (SSSR count). The van der Waals surface area contributed by atoms with Crippen molar-refractivity contribution in [2.24, 2.45) is 17.6 Å². The van der Waals surface area contributed by atoms with E-state index < -0.39 is 0 Å². The summed E-state index contributed by atoms with van der Waals surface area (Å²) in [5.41, 5.74) is 13.3. The molecule has 146 valence electrons. The molecule has 0 spiro atoms. The first-order chi connectivity index (χ1) is 13.0. The predicted molar refractivity (Wildman–Crippen MR) is 103 cm³/mol. The second-order valence-corrected chi connectivity index (χ2v) is 7.19. The molecule has 0 aliphatic carbocycles. The normalized spacial score (nSPS) is 12.8. The number of hydrogen-bond acceptors (Lipinski definition) is 8.